The molecule has 2 saturated carbocycles. The van der Waals surface area contributed by atoms with Gasteiger partial charge in [-0.1, -0.05) is 32.9 Å². The lowest BCUT2D eigenvalue weighted by atomic mass is 9.84. The Hall–Kier alpha value is -0.970. The van der Waals surface area contributed by atoms with Crippen LogP contribution >= 0.6 is 24.8 Å². The van der Waals surface area contributed by atoms with Crippen LogP contribution in [0.2, 0.25) is 0 Å². The molecule has 2 bridgehead atoms. The number of anilines is 1. The van der Waals surface area contributed by atoms with E-state index in [2.05, 4.69) is 55.3 Å². The maximum Gasteiger partial charge on any atom is 0.225 e. The Bertz CT molecular complexity index is 678. The molecule has 3 N–H and O–H groups in total. The minimum Gasteiger partial charge on any atom is -0.371 e. The van der Waals surface area contributed by atoms with E-state index in [0.717, 1.165) is 25.9 Å². The zero-order valence-electron chi connectivity index (χ0n) is 17.9. The molecule has 1 aromatic carbocycles. The number of nitrogens with zero attached hydrogens (tertiary/aromatic N) is 1. The normalized spacial score (nSPS) is 29.2. The fraction of sp³-hybridized carbons (Fsp3) is 0.696. The second kappa shape index (κ2) is 9.45. The molecule has 1 saturated heterocycles. The van der Waals surface area contributed by atoms with E-state index >= 15 is 0 Å². The Kier molecular flexibility index (Phi) is 7.92. The topological polar surface area (TPSA) is 58.4 Å². The molecule has 1 amide bonds. The molecule has 4 unspecified atom stereocenters. The molecule has 2 aliphatic carbocycles. The molecule has 164 valence electrons. The smallest absolute Gasteiger partial charge is 0.225 e. The number of hydrogen-bond donors (Lipinski definition) is 2. The quantitative estimate of drug-likeness (QED) is 0.735. The molecule has 1 heterocycles. The lowest BCUT2D eigenvalue weighted by molar-refractivity contribution is -0.127. The molecule has 29 heavy (non-hydrogen) atoms. The summed E-state index contributed by atoms with van der Waals surface area (Å²) in [5.74, 6) is 1.41. The summed E-state index contributed by atoms with van der Waals surface area (Å²) < 4.78 is 0. The number of fused-ring (bicyclic) bond motifs is 2. The monoisotopic (exact) mass is 441 g/mol. The summed E-state index contributed by atoms with van der Waals surface area (Å²) in [5, 5.41) is 3.33. The van der Waals surface area contributed by atoms with Gasteiger partial charge in [0.05, 0.1) is 5.92 Å². The highest BCUT2D eigenvalue weighted by Crippen LogP contribution is 2.47. The maximum absolute atomic E-state index is 12.8. The van der Waals surface area contributed by atoms with Crippen molar-refractivity contribution in [2.45, 2.75) is 70.4 Å². The van der Waals surface area contributed by atoms with Crippen LogP contribution in [0.1, 0.15) is 58.4 Å². The standard InChI is InChI=1S/C23H35N3O.2ClH/c1-23(2,3)17-6-8-19(9-7-17)26-12-10-18(11-13-26)25-22(27)20-15-4-5-16(14-15)21(20)24;;/h6-9,15-16,18,20-21H,4-5,10-14,24H2,1-3H3,(H,25,27);2*1H. The van der Waals surface area contributed by atoms with Crippen LogP contribution in [0, 0.1) is 17.8 Å². The summed E-state index contributed by atoms with van der Waals surface area (Å²) >= 11 is 0. The third kappa shape index (κ3) is 5.03. The van der Waals surface area contributed by atoms with Gasteiger partial charge < -0.3 is 16.0 Å². The highest BCUT2D eigenvalue weighted by atomic mass is 35.5. The summed E-state index contributed by atoms with van der Waals surface area (Å²) in [6.07, 6.45) is 5.62. The molecule has 0 spiro atoms. The van der Waals surface area contributed by atoms with Gasteiger partial charge in [0.2, 0.25) is 5.91 Å². The third-order valence-electron chi connectivity index (χ3n) is 7.22. The van der Waals surface area contributed by atoms with E-state index < -0.39 is 0 Å². The highest BCUT2D eigenvalue weighted by molar-refractivity contribution is 5.85. The number of nitrogens with one attached hydrogen (secondary N) is 1. The second-order valence-electron chi connectivity index (χ2n) is 10.0. The van der Waals surface area contributed by atoms with Crippen LogP contribution in [-0.4, -0.2) is 31.1 Å². The molecule has 3 fully saturated rings. The van der Waals surface area contributed by atoms with Crippen molar-refractivity contribution in [3.05, 3.63) is 29.8 Å². The van der Waals surface area contributed by atoms with E-state index in [9.17, 15) is 4.79 Å². The molecule has 4 rings (SSSR count). The molecule has 4 nitrogen and oxygen atoms in total. The van der Waals surface area contributed by atoms with Crippen molar-refractivity contribution >= 4 is 36.4 Å². The molecular weight excluding hydrogens is 405 g/mol. The van der Waals surface area contributed by atoms with Gasteiger partial charge in [-0.3, -0.25) is 4.79 Å². The molecular formula is C23H37Cl2N3O. The molecule has 1 aromatic rings. The molecule has 3 aliphatic rings. The largest absolute Gasteiger partial charge is 0.371 e. The number of carbonyl (C=O) groups excluding carboxylic acids is 1. The van der Waals surface area contributed by atoms with Crippen LogP contribution in [-0.2, 0) is 10.2 Å². The van der Waals surface area contributed by atoms with Gasteiger partial charge in [-0.2, -0.15) is 0 Å². The number of hydrogen-bond acceptors (Lipinski definition) is 3. The van der Waals surface area contributed by atoms with Gasteiger partial charge in [-0.25, -0.2) is 0 Å². The Morgan fingerprint density at radius 3 is 2.10 bits per heavy atom. The summed E-state index contributed by atoms with van der Waals surface area (Å²) in [6.45, 7) is 8.75. The van der Waals surface area contributed by atoms with E-state index in [1.165, 1.54) is 30.5 Å². The first-order valence-corrected chi connectivity index (χ1v) is 10.7. The zero-order valence-corrected chi connectivity index (χ0v) is 19.5. The molecule has 4 atom stereocenters. The van der Waals surface area contributed by atoms with Crippen LogP contribution in [0.5, 0.6) is 0 Å². The van der Waals surface area contributed by atoms with E-state index in [4.69, 9.17) is 5.73 Å². The van der Waals surface area contributed by atoms with E-state index in [0.29, 0.717) is 17.9 Å². The molecule has 1 aliphatic heterocycles. The average Bonchev–Trinajstić information content (AvgIpc) is 3.23. The first-order chi connectivity index (χ1) is 12.8. The Morgan fingerprint density at radius 2 is 1.59 bits per heavy atom. The third-order valence-corrected chi connectivity index (χ3v) is 7.22. The predicted octanol–water partition coefficient (Wildman–Crippen LogP) is 4.29. The van der Waals surface area contributed by atoms with Crippen molar-refractivity contribution in [3.63, 3.8) is 0 Å². The number of halogens is 2. The molecule has 6 heteroatoms. The van der Waals surface area contributed by atoms with Crippen LogP contribution in [0.15, 0.2) is 24.3 Å². The van der Waals surface area contributed by atoms with Gasteiger partial charge in [0.25, 0.3) is 0 Å². The molecule has 0 radical (unpaired) electrons. The summed E-state index contributed by atoms with van der Waals surface area (Å²) in [7, 11) is 0. The van der Waals surface area contributed by atoms with E-state index in [-0.39, 0.29) is 48.1 Å². The van der Waals surface area contributed by atoms with Crippen molar-refractivity contribution in [2.24, 2.45) is 23.5 Å². The fourth-order valence-electron chi connectivity index (χ4n) is 5.48. The van der Waals surface area contributed by atoms with Gasteiger partial charge in [0, 0.05) is 30.9 Å². The van der Waals surface area contributed by atoms with E-state index in [1.807, 2.05) is 0 Å². The van der Waals surface area contributed by atoms with Crippen LogP contribution < -0.4 is 16.0 Å². The second-order valence-corrected chi connectivity index (χ2v) is 10.0. The lowest BCUT2D eigenvalue weighted by Crippen LogP contribution is -2.51. The van der Waals surface area contributed by atoms with Gasteiger partial charge in [0.1, 0.15) is 0 Å². The minimum atomic E-state index is 0. The number of amides is 1. The summed E-state index contributed by atoms with van der Waals surface area (Å²) in [6, 6.07) is 9.38. The highest BCUT2D eigenvalue weighted by Gasteiger charge is 2.49. The van der Waals surface area contributed by atoms with Crippen molar-refractivity contribution < 1.29 is 4.79 Å². The summed E-state index contributed by atoms with van der Waals surface area (Å²) in [5.41, 5.74) is 9.20. The van der Waals surface area contributed by atoms with Crippen molar-refractivity contribution in [1.82, 2.24) is 5.32 Å². The van der Waals surface area contributed by atoms with Crippen LogP contribution in [0.3, 0.4) is 0 Å². The van der Waals surface area contributed by atoms with E-state index in [1.54, 1.807) is 0 Å². The van der Waals surface area contributed by atoms with Gasteiger partial charge in [0.15, 0.2) is 0 Å². The van der Waals surface area contributed by atoms with Gasteiger partial charge in [-0.05, 0) is 67.1 Å². The fourth-order valence-corrected chi connectivity index (χ4v) is 5.48. The Morgan fingerprint density at radius 1 is 1.00 bits per heavy atom. The van der Waals surface area contributed by atoms with Crippen molar-refractivity contribution in [1.29, 1.82) is 0 Å². The number of nitrogens with two attached hydrogens (primary N) is 1. The Balaban J connectivity index is 0.00000150. The average molecular weight is 442 g/mol. The molecule has 0 aromatic heterocycles. The van der Waals surface area contributed by atoms with Crippen LogP contribution in [0.4, 0.5) is 5.69 Å². The van der Waals surface area contributed by atoms with Crippen molar-refractivity contribution in [2.75, 3.05) is 18.0 Å². The SMILES string of the molecule is CC(C)(C)c1ccc(N2CCC(NC(=O)C3C4CCC(C4)C3N)CC2)cc1.Cl.Cl. The first kappa shape index (κ1) is 24.3. The first-order valence-electron chi connectivity index (χ1n) is 10.7. The van der Waals surface area contributed by atoms with Crippen LogP contribution in [0.25, 0.3) is 0 Å². The predicted molar refractivity (Wildman–Crippen MR) is 125 cm³/mol. The van der Waals surface area contributed by atoms with Gasteiger partial charge in [-0.15, -0.1) is 24.8 Å². The van der Waals surface area contributed by atoms with Crippen molar-refractivity contribution in [3.8, 4) is 0 Å². The number of rotatable bonds is 3. The number of carbonyl (C=O) groups is 1. The number of piperidine rings is 1. The van der Waals surface area contributed by atoms with Gasteiger partial charge >= 0.3 is 0 Å². The minimum absolute atomic E-state index is 0. The number of benzene rings is 1. The zero-order chi connectivity index (χ0) is 19.2. The summed E-state index contributed by atoms with van der Waals surface area (Å²) in [4.78, 5) is 15.2. The Labute approximate surface area is 188 Å². The maximum atomic E-state index is 12.8. The lowest BCUT2D eigenvalue weighted by Gasteiger charge is -2.36.